The van der Waals surface area contributed by atoms with E-state index in [-0.39, 0.29) is 5.97 Å². The van der Waals surface area contributed by atoms with Crippen LogP contribution in [0.1, 0.15) is 22.0 Å². The van der Waals surface area contributed by atoms with Gasteiger partial charge in [-0.3, -0.25) is 0 Å². The molecular weight excluding hydrogens is 452 g/mol. The standard InChI is InChI=1S/C15H11Br3O2/c16-15(17,18)13(11-7-3-1-4-8-11)20-14(19)12-9-5-2-6-10-12/h1-10,13H. The maximum Gasteiger partial charge on any atom is 0.338 e. The molecule has 1 atom stereocenters. The van der Waals surface area contributed by atoms with Crippen LogP contribution in [0.3, 0.4) is 0 Å². The molecule has 0 aromatic heterocycles. The molecule has 0 aliphatic carbocycles. The van der Waals surface area contributed by atoms with Crippen LogP contribution in [0.2, 0.25) is 0 Å². The first-order valence-electron chi connectivity index (χ1n) is 5.86. The van der Waals surface area contributed by atoms with Crippen LogP contribution >= 0.6 is 47.8 Å². The van der Waals surface area contributed by atoms with Crippen LogP contribution in [-0.2, 0) is 4.74 Å². The Kier molecular flexibility index (Phi) is 5.41. The zero-order chi connectivity index (χ0) is 14.6. The van der Waals surface area contributed by atoms with E-state index in [4.69, 9.17) is 4.74 Å². The van der Waals surface area contributed by atoms with Gasteiger partial charge in [-0.2, -0.15) is 0 Å². The molecule has 0 spiro atoms. The molecule has 0 saturated carbocycles. The third-order valence-electron chi connectivity index (χ3n) is 2.63. The molecule has 1 unspecified atom stereocenters. The quantitative estimate of drug-likeness (QED) is 0.449. The molecule has 0 bridgehead atoms. The Morgan fingerprint density at radius 2 is 1.40 bits per heavy atom. The van der Waals surface area contributed by atoms with Crippen LogP contribution in [-0.4, -0.2) is 8.11 Å². The highest BCUT2D eigenvalue weighted by Gasteiger charge is 2.35. The molecule has 104 valence electrons. The number of hydrogen-bond donors (Lipinski definition) is 0. The van der Waals surface area contributed by atoms with Gasteiger partial charge in [-0.25, -0.2) is 4.79 Å². The van der Waals surface area contributed by atoms with Gasteiger partial charge in [0.05, 0.1) is 5.56 Å². The Balaban J connectivity index is 2.24. The van der Waals surface area contributed by atoms with E-state index in [0.29, 0.717) is 5.56 Å². The van der Waals surface area contributed by atoms with Crippen molar-refractivity contribution in [2.45, 2.75) is 8.25 Å². The number of rotatable bonds is 3. The van der Waals surface area contributed by atoms with Gasteiger partial charge >= 0.3 is 5.97 Å². The van der Waals surface area contributed by atoms with Crippen LogP contribution in [0.5, 0.6) is 0 Å². The normalized spacial score (nSPS) is 12.8. The molecule has 2 aromatic carbocycles. The lowest BCUT2D eigenvalue weighted by atomic mass is 10.1. The summed E-state index contributed by atoms with van der Waals surface area (Å²) in [5.41, 5.74) is 1.40. The number of benzene rings is 2. The van der Waals surface area contributed by atoms with Crippen molar-refractivity contribution in [1.29, 1.82) is 0 Å². The van der Waals surface area contributed by atoms with Crippen molar-refractivity contribution in [1.82, 2.24) is 0 Å². The smallest absolute Gasteiger partial charge is 0.338 e. The summed E-state index contributed by atoms with van der Waals surface area (Å²) >= 11 is 10.3. The minimum atomic E-state index is -0.723. The van der Waals surface area contributed by atoms with Crippen LogP contribution in [0, 0.1) is 0 Å². The van der Waals surface area contributed by atoms with Gasteiger partial charge in [0, 0.05) is 0 Å². The van der Waals surface area contributed by atoms with Crippen molar-refractivity contribution < 1.29 is 9.53 Å². The minimum absolute atomic E-state index is 0.373. The highest BCUT2D eigenvalue weighted by atomic mass is 80.0. The van der Waals surface area contributed by atoms with E-state index in [1.165, 1.54) is 0 Å². The first kappa shape index (κ1) is 15.7. The molecule has 0 heterocycles. The van der Waals surface area contributed by atoms with Crippen molar-refractivity contribution in [3.05, 3.63) is 71.8 Å². The molecule has 0 amide bonds. The first-order valence-corrected chi connectivity index (χ1v) is 8.24. The number of alkyl halides is 3. The first-order chi connectivity index (χ1) is 9.48. The zero-order valence-electron chi connectivity index (χ0n) is 10.3. The SMILES string of the molecule is O=C(OC(c1ccccc1)C(Br)(Br)Br)c1ccccc1. The summed E-state index contributed by atoms with van der Waals surface area (Å²) in [6.07, 6.45) is -0.517. The maximum absolute atomic E-state index is 12.2. The third kappa shape index (κ3) is 4.17. The predicted molar refractivity (Wildman–Crippen MR) is 90.6 cm³/mol. The fourth-order valence-corrected chi connectivity index (χ4v) is 2.77. The summed E-state index contributed by atoms with van der Waals surface area (Å²) in [5, 5.41) is 0. The summed E-state index contributed by atoms with van der Waals surface area (Å²) in [4.78, 5) is 12.2. The van der Waals surface area contributed by atoms with E-state index in [0.717, 1.165) is 5.56 Å². The van der Waals surface area contributed by atoms with Crippen molar-refractivity contribution in [2.75, 3.05) is 0 Å². The molecule has 20 heavy (non-hydrogen) atoms. The van der Waals surface area contributed by atoms with Gasteiger partial charge in [0.15, 0.2) is 8.25 Å². The lowest BCUT2D eigenvalue weighted by molar-refractivity contribution is 0.0326. The minimum Gasteiger partial charge on any atom is -0.451 e. The highest BCUT2D eigenvalue weighted by molar-refractivity contribution is 9.39. The van der Waals surface area contributed by atoms with Crippen LogP contribution in [0.25, 0.3) is 0 Å². The van der Waals surface area contributed by atoms with Crippen molar-refractivity contribution in [2.24, 2.45) is 0 Å². The van der Waals surface area contributed by atoms with Gasteiger partial charge in [-0.1, -0.05) is 96.3 Å². The molecule has 0 aliphatic rings. The molecule has 2 aromatic rings. The summed E-state index contributed by atoms with van der Waals surface area (Å²) in [6.45, 7) is 0. The second kappa shape index (κ2) is 6.87. The molecular formula is C15H11Br3O2. The topological polar surface area (TPSA) is 26.3 Å². The van der Waals surface area contributed by atoms with E-state index in [2.05, 4.69) is 47.8 Å². The van der Waals surface area contributed by atoms with E-state index < -0.39 is 8.25 Å². The Bertz CT molecular complexity index is 565. The van der Waals surface area contributed by atoms with E-state index in [1.54, 1.807) is 24.3 Å². The molecule has 0 aliphatic heterocycles. The summed E-state index contributed by atoms with van der Waals surface area (Å²) < 4.78 is 4.88. The molecule has 0 N–H and O–H groups in total. The van der Waals surface area contributed by atoms with E-state index in [1.807, 2.05) is 36.4 Å². The Labute approximate surface area is 142 Å². The molecule has 2 nitrogen and oxygen atoms in total. The molecule has 5 heteroatoms. The fraction of sp³-hybridized carbons (Fsp3) is 0.133. The van der Waals surface area contributed by atoms with E-state index >= 15 is 0 Å². The van der Waals surface area contributed by atoms with Gasteiger partial charge in [0.1, 0.15) is 0 Å². The molecule has 2 rings (SSSR count). The summed E-state index contributed by atoms with van der Waals surface area (Å²) in [5.74, 6) is -0.373. The van der Waals surface area contributed by atoms with Gasteiger partial charge < -0.3 is 4.74 Å². The van der Waals surface area contributed by atoms with Gasteiger partial charge in [-0.05, 0) is 17.7 Å². The number of halogens is 3. The number of hydrogen-bond acceptors (Lipinski definition) is 2. The Hall–Kier alpha value is -0.650. The Morgan fingerprint density at radius 1 is 0.900 bits per heavy atom. The number of carbonyl (C=O) groups excluding carboxylic acids is 1. The lowest BCUT2D eigenvalue weighted by Crippen LogP contribution is -2.22. The highest BCUT2D eigenvalue weighted by Crippen LogP contribution is 2.47. The second-order valence-corrected chi connectivity index (χ2v) is 11.0. The largest absolute Gasteiger partial charge is 0.451 e. The summed E-state index contributed by atoms with van der Waals surface area (Å²) in [7, 11) is 0. The van der Waals surface area contributed by atoms with E-state index in [9.17, 15) is 4.79 Å². The van der Waals surface area contributed by atoms with Gasteiger partial charge in [0.2, 0.25) is 0 Å². The lowest BCUT2D eigenvalue weighted by Gasteiger charge is -2.26. The predicted octanol–water partition coefficient (Wildman–Crippen LogP) is 5.42. The van der Waals surface area contributed by atoms with Crippen molar-refractivity contribution in [3.63, 3.8) is 0 Å². The van der Waals surface area contributed by atoms with Gasteiger partial charge in [0.25, 0.3) is 0 Å². The second-order valence-electron chi connectivity index (χ2n) is 4.10. The molecule has 0 saturated heterocycles. The zero-order valence-corrected chi connectivity index (χ0v) is 15.1. The third-order valence-corrected chi connectivity index (χ3v) is 3.88. The maximum atomic E-state index is 12.2. The summed E-state index contributed by atoms with van der Waals surface area (Å²) in [6, 6.07) is 18.4. The van der Waals surface area contributed by atoms with Crippen LogP contribution < -0.4 is 0 Å². The number of carbonyl (C=O) groups is 1. The van der Waals surface area contributed by atoms with Crippen LogP contribution in [0.15, 0.2) is 60.7 Å². The average Bonchev–Trinajstić information content (AvgIpc) is 2.45. The number of ether oxygens (including phenoxy) is 1. The van der Waals surface area contributed by atoms with Crippen molar-refractivity contribution in [3.8, 4) is 0 Å². The fourth-order valence-electron chi connectivity index (χ4n) is 1.70. The average molecular weight is 463 g/mol. The van der Waals surface area contributed by atoms with Gasteiger partial charge in [-0.15, -0.1) is 0 Å². The molecule has 0 fully saturated rings. The Morgan fingerprint density at radius 3 is 1.90 bits per heavy atom. The monoisotopic (exact) mass is 460 g/mol. The van der Waals surface area contributed by atoms with Crippen LogP contribution in [0.4, 0.5) is 0 Å². The number of esters is 1. The molecule has 0 radical (unpaired) electrons. The van der Waals surface area contributed by atoms with Crippen molar-refractivity contribution >= 4 is 53.8 Å².